The van der Waals surface area contributed by atoms with Crippen molar-refractivity contribution in [3.8, 4) is 5.75 Å². The predicted molar refractivity (Wildman–Crippen MR) is 85.5 cm³/mol. The third kappa shape index (κ3) is 3.04. The van der Waals surface area contributed by atoms with Crippen molar-refractivity contribution >= 4 is 33.3 Å². The van der Waals surface area contributed by atoms with Crippen LogP contribution in [0.25, 0.3) is 10.2 Å². The van der Waals surface area contributed by atoms with Crippen LogP contribution < -0.4 is 16.6 Å². The first kappa shape index (κ1) is 13.6. The van der Waals surface area contributed by atoms with E-state index in [0.29, 0.717) is 5.95 Å². The Hall–Kier alpha value is -2.38. The molecule has 0 atom stereocenters. The molecule has 0 radical (unpaired) electrons. The normalized spacial score (nSPS) is 10.7. The van der Waals surface area contributed by atoms with Crippen LogP contribution >= 0.6 is 11.3 Å². The second-order valence-electron chi connectivity index (χ2n) is 4.52. The summed E-state index contributed by atoms with van der Waals surface area (Å²) in [6.07, 6.45) is 0.835. The number of rotatable bonds is 5. The minimum absolute atomic E-state index is 0.279. The smallest absolute Gasteiger partial charge is 0.240 e. The summed E-state index contributed by atoms with van der Waals surface area (Å²) in [6, 6.07) is 9.18. The van der Waals surface area contributed by atoms with Crippen LogP contribution in [0, 0.1) is 0 Å². The maximum atomic E-state index is 9.26. The molecule has 6 nitrogen and oxygen atoms in total. The van der Waals surface area contributed by atoms with Gasteiger partial charge < -0.3 is 10.4 Å². The average Bonchev–Trinajstić information content (AvgIpc) is 2.97. The van der Waals surface area contributed by atoms with Gasteiger partial charge in [-0.25, -0.2) is 10.8 Å². The lowest BCUT2D eigenvalue weighted by atomic mass is 10.1. The third-order valence-corrected chi connectivity index (χ3v) is 3.90. The first-order valence-corrected chi connectivity index (χ1v) is 7.38. The van der Waals surface area contributed by atoms with Gasteiger partial charge in [0.1, 0.15) is 16.4 Å². The number of aromatic nitrogens is 2. The van der Waals surface area contributed by atoms with Gasteiger partial charge in [0.15, 0.2) is 0 Å². The first-order chi connectivity index (χ1) is 10.3. The Bertz CT molecular complexity index is 741. The Balaban J connectivity index is 1.72. The van der Waals surface area contributed by atoms with Crippen molar-refractivity contribution in [1.82, 2.24) is 9.97 Å². The number of nitrogens with one attached hydrogen (secondary N) is 2. The van der Waals surface area contributed by atoms with Gasteiger partial charge in [0.25, 0.3) is 0 Å². The van der Waals surface area contributed by atoms with E-state index in [4.69, 9.17) is 5.84 Å². The van der Waals surface area contributed by atoms with Gasteiger partial charge in [0.05, 0.1) is 5.39 Å². The van der Waals surface area contributed by atoms with E-state index in [1.54, 1.807) is 23.5 Å². The fraction of sp³-hybridized carbons (Fsp3) is 0.143. The van der Waals surface area contributed by atoms with Crippen molar-refractivity contribution in [3.05, 3.63) is 41.3 Å². The van der Waals surface area contributed by atoms with Crippen LogP contribution in [0.1, 0.15) is 5.56 Å². The number of fused-ring (bicyclic) bond motifs is 1. The van der Waals surface area contributed by atoms with E-state index in [2.05, 4.69) is 20.7 Å². The molecule has 0 fully saturated rings. The monoisotopic (exact) mass is 301 g/mol. The predicted octanol–water partition coefficient (Wildman–Crippen LogP) is 2.34. The molecule has 3 rings (SSSR count). The van der Waals surface area contributed by atoms with Gasteiger partial charge in [-0.1, -0.05) is 12.1 Å². The van der Waals surface area contributed by atoms with Gasteiger partial charge in [-0.3, -0.25) is 5.43 Å². The summed E-state index contributed by atoms with van der Waals surface area (Å²) in [4.78, 5) is 9.53. The zero-order valence-corrected chi connectivity index (χ0v) is 12.0. The SMILES string of the molecule is NNc1nc(NCCc2ccc(O)cc2)c2ccsc2n1. The molecule has 0 unspecified atom stereocenters. The molecule has 7 heteroatoms. The van der Waals surface area contributed by atoms with E-state index in [1.165, 1.54) is 0 Å². The molecule has 108 valence electrons. The van der Waals surface area contributed by atoms with Crippen LogP contribution in [0.5, 0.6) is 5.75 Å². The Morgan fingerprint density at radius 1 is 1.14 bits per heavy atom. The lowest BCUT2D eigenvalue weighted by Crippen LogP contribution is -2.13. The van der Waals surface area contributed by atoms with Crippen LogP contribution in [-0.2, 0) is 6.42 Å². The molecule has 3 aromatic rings. The molecular weight excluding hydrogens is 286 g/mol. The highest BCUT2D eigenvalue weighted by Crippen LogP contribution is 2.26. The van der Waals surface area contributed by atoms with Crippen molar-refractivity contribution in [1.29, 1.82) is 0 Å². The number of anilines is 2. The molecule has 2 aromatic heterocycles. The summed E-state index contributed by atoms with van der Waals surface area (Å²) in [6.45, 7) is 0.733. The van der Waals surface area contributed by atoms with E-state index in [1.807, 2.05) is 23.6 Å². The van der Waals surface area contributed by atoms with E-state index in [-0.39, 0.29) is 5.75 Å². The van der Waals surface area contributed by atoms with Crippen molar-refractivity contribution in [3.63, 3.8) is 0 Å². The van der Waals surface area contributed by atoms with E-state index in [0.717, 1.165) is 34.6 Å². The Kier molecular flexibility index (Phi) is 3.85. The first-order valence-electron chi connectivity index (χ1n) is 6.50. The van der Waals surface area contributed by atoms with Gasteiger partial charge in [0, 0.05) is 6.54 Å². The number of phenolic OH excluding ortho intramolecular Hbond substituents is 1. The zero-order chi connectivity index (χ0) is 14.7. The molecule has 0 bridgehead atoms. The number of nitrogen functional groups attached to an aromatic ring is 1. The van der Waals surface area contributed by atoms with Crippen LogP contribution in [0.3, 0.4) is 0 Å². The third-order valence-electron chi connectivity index (χ3n) is 3.10. The molecular formula is C14H15N5OS. The fourth-order valence-electron chi connectivity index (χ4n) is 2.04. The second-order valence-corrected chi connectivity index (χ2v) is 5.42. The number of aromatic hydroxyl groups is 1. The molecule has 21 heavy (non-hydrogen) atoms. The molecule has 0 aliphatic heterocycles. The Morgan fingerprint density at radius 2 is 1.95 bits per heavy atom. The number of hydrogen-bond acceptors (Lipinski definition) is 7. The van der Waals surface area contributed by atoms with Crippen molar-refractivity contribution in [2.24, 2.45) is 5.84 Å². The second kappa shape index (κ2) is 5.94. The van der Waals surface area contributed by atoms with E-state index < -0.39 is 0 Å². The lowest BCUT2D eigenvalue weighted by molar-refractivity contribution is 0.475. The molecule has 0 saturated carbocycles. The van der Waals surface area contributed by atoms with Crippen molar-refractivity contribution in [2.75, 3.05) is 17.3 Å². The summed E-state index contributed by atoms with van der Waals surface area (Å²) >= 11 is 1.55. The topological polar surface area (TPSA) is 96.1 Å². The summed E-state index contributed by atoms with van der Waals surface area (Å²) in [5.41, 5.74) is 3.63. The highest BCUT2D eigenvalue weighted by atomic mass is 32.1. The standard InChI is InChI=1S/C14H15N5OS/c15-19-14-17-12(11-6-8-21-13(11)18-14)16-7-5-9-1-3-10(20)4-2-9/h1-4,6,8,20H,5,7,15H2,(H2,16,17,18,19). The number of nitrogens with zero attached hydrogens (tertiary/aromatic N) is 2. The zero-order valence-electron chi connectivity index (χ0n) is 11.2. The van der Waals surface area contributed by atoms with Crippen LogP contribution in [0.4, 0.5) is 11.8 Å². The molecule has 0 aliphatic rings. The highest BCUT2D eigenvalue weighted by molar-refractivity contribution is 7.16. The van der Waals surface area contributed by atoms with E-state index >= 15 is 0 Å². The number of benzene rings is 1. The molecule has 0 aliphatic carbocycles. The fourth-order valence-corrected chi connectivity index (χ4v) is 2.81. The summed E-state index contributed by atoms with van der Waals surface area (Å²) in [5.74, 6) is 6.84. The average molecular weight is 301 g/mol. The molecule has 0 spiro atoms. The number of thiophene rings is 1. The van der Waals surface area contributed by atoms with E-state index in [9.17, 15) is 5.11 Å². The minimum atomic E-state index is 0.279. The van der Waals surface area contributed by atoms with Crippen LogP contribution in [0.15, 0.2) is 35.7 Å². The number of hydrogen-bond donors (Lipinski definition) is 4. The Morgan fingerprint density at radius 3 is 2.71 bits per heavy atom. The van der Waals surface area contributed by atoms with Gasteiger partial charge in [-0.15, -0.1) is 11.3 Å². The van der Waals surface area contributed by atoms with Gasteiger partial charge in [-0.2, -0.15) is 4.98 Å². The molecule has 0 amide bonds. The lowest BCUT2D eigenvalue weighted by Gasteiger charge is -2.08. The van der Waals surface area contributed by atoms with Gasteiger partial charge >= 0.3 is 0 Å². The van der Waals surface area contributed by atoms with Gasteiger partial charge in [0.2, 0.25) is 5.95 Å². The van der Waals surface area contributed by atoms with Gasteiger partial charge in [-0.05, 0) is 35.6 Å². The molecule has 1 aromatic carbocycles. The number of nitrogens with two attached hydrogens (primary N) is 1. The largest absolute Gasteiger partial charge is 0.508 e. The quantitative estimate of drug-likeness (QED) is 0.427. The molecule has 5 N–H and O–H groups in total. The number of hydrazine groups is 1. The maximum absolute atomic E-state index is 9.26. The summed E-state index contributed by atoms with van der Waals surface area (Å²) in [7, 11) is 0. The number of phenols is 1. The van der Waals surface area contributed by atoms with Crippen LogP contribution in [-0.4, -0.2) is 21.6 Å². The van der Waals surface area contributed by atoms with Crippen LogP contribution in [0.2, 0.25) is 0 Å². The minimum Gasteiger partial charge on any atom is -0.508 e. The summed E-state index contributed by atoms with van der Waals surface area (Å²) < 4.78 is 0. The van der Waals surface area contributed by atoms with Crippen molar-refractivity contribution < 1.29 is 5.11 Å². The van der Waals surface area contributed by atoms with Crippen molar-refractivity contribution in [2.45, 2.75) is 6.42 Å². The Labute approximate surface area is 125 Å². The maximum Gasteiger partial charge on any atom is 0.240 e. The summed E-state index contributed by atoms with van der Waals surface area (Å²) in [5, 5.41) is 15.5. The molecule has 2 heterocycles. The molecule has 0 saturated heterocycles. The highest BCUT2D eigenvalue weighted by Gasteiger charge is 2.07.